The quantitative estimate of drug-likeness (QED) is 0.221. The number of ether oxygens (including phenoxy) is 1. The van der Waals surface area contributed by atoms with Gasteiger partial charge in [-0.15, -0.1) is 0 Å². The fourth-order valence-corrected chi connectivity index (χ4v) is 2.43. The van der Waals surface area contributed by atoms with Crippen molar-refractivity contribution in [3.63, 3.8) is 0 Å². The number of benzene rings is 1. The number of hydrogen-bond acceptors (Lipinski definition) is 5. The molecule has 1 unspecified atom stereocenters. The van der Waals surface area contributed by atoms with E-state index in [4.69, 9.17) is 33.7 Å². The van der Waals surface area contributed by atoms with Crippen LogP contribution < -0.4 is 16.4 Å². The van der Waals surface area contributed by atoms with E-state index in [1.54, 1.807) is 31.2 Å². The van der Waals surface area contributed by atoms with Gasteiger partial charge in [0, 0.05) is 23.5 Å². The number of carbonyl (C=O) groups excluding carboxylic acids is 1. The second kappa shape index (κ2) is 11.5. The molecule has 8 heteroatoms. The smallest absolute Gasteiger partial charge is 0.235 e. The molecule has 0 aromatic heterocycles. The average molecular weight is 428 g/mol. The molecule has 0 heterocycles. The predicted octanol–water partition coefficient (Wildman–Crippen LogP) is 4.54. The minimum Gasteiger partial charge on any atom is -0.491 e. The second-order valence-electron chi connectivity index (χ2n) is 5.75. The number of anilines is 1. The number of rotatable bonds is 10. The van der Waals surface area contributed by atoms with E-state index in [-0.39, 0.29) is 17.3 Å². The van der Waals surface area contributed by atoms with Gasteiger partial charge >= 0.3 is 0 Å². The summed E-state index contributed by atoms with van der Waals surface area (Å²) < 4.78 is 18.1. The fraction of sp³-hybridized carbons (Fsp3) is 0.250. The maximum absolute atomic E-state index is 13.0. The van der Waals surface area contributed by atoms with Crippen LogP contribution in [0.1, 0.15) is 12.5 Å². The molecule has 0 bridgehead atoms. The predicted molar refractivity (Wildman–Crippen MR) is 114 cm³/mol. The summed E-state index contributed by atoms with van der Waals surface area (Å²) in [4.78, 5) is 12.5. The van der Waals surface area contributed by atoms with Crippen molar-refractivity contribution in [2.75, 3.05) is 19.0 Å². The largest absolute Gasteiger partial charge is 0.491 e. The molecule has 0 amide bonds. The van der Waals surface area contributed by atoms with Crippen LogP contribution in [-0.4, -0.2) is 25.6 Å². The Morgan fingerprint density at radius 3 is 2.71 bits per heavy atom. The standard InChI is InChI=1S/C20H24Cl2FN3O2/c1-5-14(9-16(22)13(3)23)10-25-11-18(28-4)19(27)20(24)26-17-8-6-7-15(21)12(17)2/h5-9,11,20,25-26H,3,10,24H2,1-2,4H3/b14-5+,16-9+,18-11+. The van der Waals surface area contributed by atoms with Gasteiger partial charge in [0.1, 0.15) is 12.0 Å². The van der Waals surface area contributed by atoms with Crippen LogP contribution in [-0.2, 0) is 9.53 Å². The first kappa shape index (κ1) is 23.8. The zero-order valence-electron chi connectivity index (χ0n) is 16.0. The summed E-state index contributed by atoms with van der Waals surface area (Å²) in [6.07, 6.45) is 3.55. The maximum atomic E-state index is 13.0. The highest BCUT2D eigenvalue weighted by Crippen LogP contribution is 2.23. The third-order valence-corrected chi connectivity index (χ3v) is 4.53. The number of Topliss-reactive ketones (excluding diaryl/α,β-unsaturated/α-hetero) is 1. The zero-order chi connectivity index (χ0) is 21.3. The molecule has 0 spiro atoms. The number of carbonyl (C=O) groups is 1. The van der Waals surface area contributed by atoms with E-state index in [1.807, 2.05) is 6.92 Å². The minimum absolute atomic E-state index is 0.0279. The maximum Gasteiger partial charge on any atom is 0.235 e. The van der Waals surface area contributed by atoms with Crippen molar-refractivity contribution < 1.29 is 13.9 Å². The third kappa shape index (κ3) is 7.03. The number of halogens is 3. The minimum atomic E-state index is -1.03. The highest BCUT2D eigenvalue weighted by atomic mass is 35.5. The third-order valence-electron chi connectivity index (χ3n) is 3.81. The van der Waals surface area contributed by atoms with Crippen LogP contribution in [0, 0.1) is 6.92 Å². The van der Waals surface area contributed by atoms with Gasteiger partial charge in [-0.3, -0.25) is 4.79 Å². The van der Waals surface area contributed by atoms with Gasteiger partial charge in [-0.05, 0) is 43.2 Å². The molecule has 1 rings (SSSR count). The van der Waals surface area contributed by atoms with Crippen molar-refractivity contribution in [2.24, 2.45) is 5.73 Å². The molecule has 0 saturated carbocycles. The molecule has 0 saturated heterocycles. The van der Waals surface area contributed by atoms with Gasteiger partial charge in [0.15, 0.2) is 5.76 Å². The van der Waals surface area contributed by atoms with Gasteiger partial charge in [0.2, 0.25) is 5.78 Å². The van der Waals surface area contributed by atoms with E-state index >= 15 is 0 Å². The molecule has 1 aromatic rings. The normalized spacial score (nSPS) is 13.8. The van der Waals surface area contributed by atoms with Crippen LogP contribution in [0.2, 0.25) is 5.02 Å². The Kier molecular flexibility index (Phi) is 9.79. The van der Waals surface area contributed by atoms with Crippen molar-refractivity contribution in [2.45, 2.75) is 20.0 Å². The Morgan fingerprint density at radius 1 is 1.46 bits per heavy atom. The van der Waals surface area contributed by atoms with Crippen molar-refractivity contribution in [1.82, 2.24) is 5.32 Å². The van der Waals surface area contributed by atoms with Gasteiger partial charge in [-0.25, -0.2) is 4.39 Å². The molecular weight excluding hydrogens is 404 g/mol. The summed E-state index contributed by atoms with van der Waals surface area (Å²) >= 11 is 11.8. The van der Waals surface area contributed by atoms with Crippen molar-refractivity contribution in [3.05, 3.63) is 75.9 Å². The van der Waals surface area contributed by atoms with Gasteiger partial charge in [-0.1, -0.05) is 41.9 Å². The molecule has 152 valence electrons. The van der Waals surface area contributed by atoms with Crippen molar-refractivity contribution in [3.8, 4) is 0 Å². The highest BCUT2D eigenvalue weighted by molar-refractivity contribution is 6.32. The molecule has 0 aliphatic carbocycles. The first-order valence-corrected chi connectivity index (χ1v) is 9.13. The fourth-order valence-electron chi connectivity index (χ4n) is 2.12. The molecule has 0 aliphatic heterocycles. The van der Waals surface area contributed by atoms with Crippen LogP contribution in [0.5, 0.6) is 0 Å². The lowest BCUT2D eigenvalue weighted by Gasteiger charge is -2.17. The molecule has 5 nitrogen and oxygen atoms in total. The van der Waals surface area contributed by atoms with E-state index in [9.17, 15) is 9.18 Å². The van der Waals surface area contributed by atoms with E-state index < -0.39 is 17.8 Å². The van der Waals surface area contributed by atoms with Crippen molar-refractivity contribution in [1.29, 1.82) is 0 Å². The topological polar surface area (TPSA) is 76.4 Å². The van der Waals surface area contributed by atoms with E-state index in [2.05, 4.69) is 17.2 Å². The first-order chi connectivity index (χ1) is 13.2. The number of nitrogens with two attached hydrogens (primary N) is 1. The lowest BCUT2D eigenvalue weighted by Crippen LogP contribution is -2.40. The SMILES string of the molecule is C=C(F)/C(Cl)=C\C(=C/C)CN/C=C(/OC)C(=O)C(N)Nc1cccc(Cl)c1C. The lowest BCUT2D eigenvalue weighted by molar-refractivity contribution is -0.119. The second-order valence-corrected chi connectivity index (χ2v) is 6.57. The first-order valence-electron chi connectivity index (χ1n) is 8.37. The van der Waals surface area contributed by atoms with E-state index in [0.717, 1.165) is 5.56 Å². The summed E-state index contributed by atoms with van der Waals surface area (Å²) in [5.41, 5.74) is 8.09. The van der Waals surface area contributed by atoms with E-state index in [0.29, 0.717) is 16.3 Å². The summed E-state index contributed by atoms with van der Waals surface area (Å²) in [5, 5.41) is 6.31. The van der Waals surface area contributed by atoms with Crippen LogP contribution in [0.4, 0.5) is 10.1 Å². The van der Waals surface area contributed by atoms with Crippen molar-refractivity contribution >= 4 is 34.7 Å². The Bertz CT molecular complexity index is 820. The number of nitrogens with one attached hydrogen (secondary N) is 2. The Balaban J connectivity index is 2.80. The monoisotopic (exact) mass is 427 g/mol. The number of methoxy groups -OCH3 is 1. The number of hydrogen-bond donors (Lipinski definition) is 3. The van der Waals surface area contributed by atoms with E-state index in [1.165, 1.54) is 19.4 Å². The Hall–Kier alpha value is -2.28. The van der Waals surface area contributed by atoms with Gasteiger partial charge < -0.3 is 21.1 Å². The molecular formula is C20H24Cl2FN3O2. The molecule has 0 fully saturated rings. The summed E-state index contributed by atoms with van der Waals surface area (Å²) in [7, 11) is 1.36. The van der Waals surface area contributed by atoms with Gasteiger partial charge in [0.05, 0.1) is 12.1 Å². The molecule has 0 aliphatic rings. The van der Waals surface area contributed by atoms with Crippen LogP contribution in [0.15, 0.2) is 65.3 Å². The Morgan fingerprint density at radius 2 is 2.14 bits per heavy atom. The summed E-state index contributed by atoms with van der Waals surface area (Å²) in [6, 6.07) is 5.28. The number of allylic oxidation sites excluding steroid dienone is 3. The molecule has 28 heavy (non-hydrogen) atoms. The molecule has 4 N–H and O–H groups in total. The average Bonchev–Trinajstić information content (AvgIpc) is 2.67. The van der Waals surface area contributed by atoms with Crippen LogP contribution in [0.25, 0.3) is 0 Å². The molecule has 1 atom stereocenters. The Labute approximate surface area is 174 Å². The van der Waals surface area contributed by atoms with Gasteiger partial charge in [-0.2, -0.15) is 0 Å². The number of ketones is 1. The summed E-state index contributed by atoms with van der Waals surface area (Å²) in [5.74, 6) is -1.15. The van der Waals surface area contributed by atoms with Crippen LogP contribution >= 0.6 is 23.2 Å². The molecule has 1 aromatic carbocycles. The van der Waals surface area contributed by atoms with Gasteiger partial charge in [0.25, 0.3) is 0 Å². The zero-order valence-corrected chi connectivity index (χ0v) is 17.5. The summed E-state index contributed by atoms with van der Waals surface area (Å²) in [6.45, 7) is 7.02. The highest BCUT2D eigenvalue weighted by Gasteiger charge is 2.20. The lowest BCUT2D eigenvalue weighted by atomic mass is 10.1. The molecule has 0 radical (unpaired) electrons. The van der Waals surface area contributed by atoms with Crippen LogP contribution in [0.3, 0.4) is 0 Å².